The second kappa shape index (κ2) is 12.9. The Morgan fingerprint density at radius 1 is 1.03 bits per heavy atom. The summed E-state index contributed by atoms with van der Waals surface area (Å²) in [5, 5.41) is 2.40. The van der Waals surface area contributed by atoms with Crippen molar-refractivity contribution < 1.29 is 4.79 Å². The lowest BCUT2D eigenvalue weighted by Crippen LogP contribution is -2.24. The quantitative estimate of drug-likeness (QED) is 0.461. The van der Waals surface area contributed by atoms with Crippen molar-refractivity contribution in [3.05, 3.63) is 89.3 Å². The average Bonchev–Trinajstić information content (AvgIpc) is 2.89. The van der Waals surface area contributed by atoms with E-state index in [0.717, 1.165) is 18.5 Å². The standard InChI is InChI=1S/C20H21N.C6H9N5O.C2H6/c1-4-16-10-9-11-17-14-18(5-2)21(15(3)20(16)17)19-12-7-6-8-13-19;1-9-5(12)3-2-10-6(8)11-4(3)7;1-2/h6-14H,3-5H2,1-2H3;2H,1H3,(H,9,12)(H4,7,8,10,11);1-2H3. The lowest BCUT2D eigenvalue weighted by Gasteiger charge is -2.34. The normalized spacial score (nSPS) is 11.7. The van der Waals surface area contributed by atoms with Gasteiger partial charge in [-0.3, -0.25) is 4.79 Å². The molecule has 7 heteroatoms. The smallest absolute Gasteiger partial charge is 0.256 e. The summed E-state index contributed by atoms with van der Waals surface area (Å²) in [4.78, 5) is 20.6. The van der Waals surface area contributed by atoms with Gasteiger partial charge in [-0.2, -0.15) is 4.98 Å². The van der Waals surface area contributed by atoms with Crippen LogP contribution in [0.15, 0.2) is 67.0 Å². The van der Waals surface area contributed by atoms with E-state index < -0.39 is 0 Å². The van der Waals surface area contributed by atoms with Crippen molar-refractivity contribution in [2.45, 2.75) is 40.5 Å². The van der Waals surface area contributed by atoms with Crippen LogP contribution in [0.25, 0.3) is 11.8 Å². The number of hydrogen-bond donors (Lipinski definition) is 3. The van der Waals surface area contributed by atoms with E-state index in [1.165, 1.54) is 41.3 Å². The number of benzene rings is 2. The maximum Gasteiger partial charge on any atom is 0.256 e. The van der Waals surface area contributed by atoms with Crippen molar-refractivity contribution in [3.63, 3.8) is 0 Å². The van der Waals surface area contributed by atoms with Crippen molar-refractivity contribution in [2.75, 3.05) is 23.4 Å². The van der Waals surface area contributed by atoms with E-state index in [1.807, 2.05) is 13.8 Å². The molecule has 7 nitrogen and oxygen atoms in total. The molecule has 0 bridgehead atoms. The van der Waals surface area contributed by atoms with Gasteiger partial charge in [0, 0.05) is 35.9 Å². The molecule has 3 aromatic rings. The zero-order valence-electron chi connectivity index (χ0n) is 21.3. The van der Waals surface area contributed by atoms with Crippen LogP contribution in [0.5, 0.6) is 0 Å². The average molecular weight is 473 g/mol. The molecule has 2 heterocycles. The van der Waals surface area contributed by atoms with E-state index in [9.17, 15) is 4.79 Å². The van der Waals surface area contributed by atoms with Gasteiger partial charge in [0.25, 0.3) is 5.91 Å². The predicted molar refractivity (Wildman–Crippen MR) is 148 cm³/mol. The number of para-hydroxylation sites is 1. The van der Waals surface area contributed by atoms with Crippen LogP contribution in [-0.4, -0.2) is 22.9 Å². The van der Waals surface area contributed by atoms with E-state index in [2.05, 4.69) is 95.2 Å². The van der Waals surface area contributed by atoms with E-state index in [-0.39, 0.29) is 23.2 Å². The maximum atomic E-state index is 11.0. The molecule has 35 heavy (non-hydrogen) atoms. The summed E-state index contributed by atoms with van der Waals surface area (Å²) >= 11 is 0. The number of rotatable bonds is 4. The van der Waals surface area contributed by atoms with Gasteiger partial charge in [0.15, 0.2) is 0 Å². The third-order valence-electron chi connectivity index (χ3n) is 5.42. The molecule has 1 aliphatic rings. The van der Waals surface area contributed by atoms with Gasteiger partial charge >= 0.3 is 0 Å². The monoisotopic (exact) mass is 472 g/mol. The van der Waals surface area contributed by atoms with Crippen LogP contribution in [0.1, 0.15) is 61.2 Å². The van der Waals surface area contributed by atoms with Crippen molar-refractivity contribution in [1.29, 1.82) is 0 Å². The number of nitrogen functional groups attached to an aromatic ring is 2. The summed E-state index contributed by atoms with van der Waals surface area (Å²) < 4.78 is 0. The number of aromatic nitrogens is 2. The topological polar surface area (TPSA) is 110 Å². The minimum atomic E-state index is -0.326. The Kier molecular flexibility index (Phi) is 10.0. The first-order valence-electron chi connectivity index (χ1n) is 11.9. The largest absolute Gasteiger partial charge is 0.383 e. The highest BCUT2D eigenvalue weighted by atomic mass is 16.1. The van der Waals surface area contributed by atoms with E-state index in [4.69, 9.17) is 11.5 Å². The SMILES string of the molecule is C=C1c2c(cccc2CC)C=C(CC)N1c1ccccc1.CC.CNC(=O)c1cnc(N)nc1N. The Morgan fingerprint density at radius 3 is 2.29 bits per heavy atom. The van der Waals surface area contributed by atoms with E-state index in [0.29, 0.717) is 0 Å². The molecule has 0 unspecified atom stereocenters. The summed E-state index contributed by atoms with van der Waals surface area (Å²) in [6.45, 7) is 12.8. The predicted octanol–water partition coefficient (Wildman–Crippen LogP) is 5.52. The number of allylic oxidation sites excluding steroid dienone is 1. The Morgan fingerprint density at radius 2 is 1.71 bits per heavy atom. The molecule has 0 saturated heterocycles. The van der Waals surface area contributed by atoms with Crippen LogP contribution >= 0.6 is 0 Å². The molecule has 0 fully saturated rings. The molecule has 0 aliphatic carbocycles. The van der Waals surface area contributed by atoms with Gasteiger partial charge in [0.1, 0.15) is 5.82 Å². The third-order valence-corrected chi connectivity index (χ3v) is 5.42. The van der Waals surface area contributed by atoms with Crippen molar-refractivity contribution in [3.8, 4) is 0 Å². The Balaban J connectivity index is 0.000000263. The molecular formula is C28H36N6O. The first-order valence-corrected chi connectivity index (χ1v) is 11.9. The van der Waals surface area contributed by atoms with Crippen molar-refractivity contribution >= 4 is 35.1 Å². The van der Waals surface area contributed by atoms with Crippen LogP contribution < -0.4 is 21.7 Å². The number of carbonyl (C=O) groups excluding carboxylic acids is 1. The van der Waals surface area contributed by atoms with Gasteiger partial charge in [-0.15, -0.1) is 0 Å². The van der Waals surface area contributed by atoms with Crippen LogP contribution in [0.3, 0.4) is 0 Å². The van der Waals surface area contributed by atoms with Gasteiger partial charge in [-0.1, -0.05) is 70.7 Å². The van der Waals surface area contributed by atoms with Crippen LogP contribution in [0, 0.1) is 0 Å². The Labute approximate surface area is 208 Å². The molecule has 0 radical (unpaired) electrons. The summed E-state index contributed by atoms with van der Waals surface area (Å²) in [5.74, 6) is -0.186. The molecule has 5 N–H and O–H groups in total. The molecule has 0 spiro atoms. The van der Waals surface area contributed by atoms with Crippen LogP contribution in [-0.2, 0) is 6.42 Å². The zero-order chi connectivity index (χ0) is 26.0. The van der Waals surface area contributed by atoms with E-state index in [1.54, 1.807) is 0 Å². The summed E-state index contributed by atoms with van der Waals surface area (Å²) in [7, 11) is 1.50. The van der Waals surface area contributed by atoms with Gasteiger partial charge < -0.3 is 21.7 Å². The molecule has 0 atom stereocenters. The number of hydrogen-bond acceptors (Lipinski definition) is 6. The number of nitrogens with two attached hydrogens (primary N) is 2. The minimum Gasteiger partial charge on any atom is -0.383 e. The Bertz CT molecular complexity index is 1190. The molecular weight excluding hydrogens is 436 g/mol. The first-order chi connectivity index (χ1) is 16.9. The second-order valence-corrected chi connectivity index (χ2v) is 7.45. The molecule has 0 saturated carbocycles. The maximum absolute atomic E-state index is 11.0. The molecule has 2 aromatic carbocycles. The van der Waals surface area contributed by atoms with Gasteiger partial charge in [0.2, 0.25) is 5.95 Å². The number of nitrogens with zero attached hydrogens (tertiary/aromatic N) is 3. The van der Waals surface area contributed by atoms with Gasteiger partial charge in [-0.05, 0) is 42.2 Å². The number of fused-ring (bicyclic) bond motifs is 1. The summed E-state index contributed by atoms with van der Waals surface area (Å²) in [6, 6.07) is 17.1. The number of nitrogens with one attached hydrogen (secondary N) is 1. The highest BCUT2D eigenvalue weighted by molar-refractivity contribution is 5.97. The van der Waals surface area contributed by atoms with Gasteiger partial charge in [0.05, 0.1) is 5.56 Å². The van der Waals surface area contributed by atoms with Crippen molar-refractivity contribution in [2.24, 2.45) is 0 Å². The zero-order valence-corrected chi connectivity index (χ0v) is 21.3. The number of aryl methyl sites for hydroxylation is 1. The second-order valence-electron chi connectivity index (χ2n) is 7.45. The highest BCUT2D eigenvalue weighted by Gasteiger charge is 2.23. The fourth-order valence-electron chi connectivity index (χ4n) is 3.79. The summed E-state index contributed by atoms with van der Waals surface area (Å²) in [5.41, 5.74) is 18.4. The molecule has 1 amide bonds. The van der Waals surface area contributed by atoms with Gasteiger partial charge in [-0.25, -0.2) is 4.98 Å². The van der Waals surface area contributed by atoms with E-state index >= 15 is 0 Å². The minimum absolute atomic E-state index is 0.0557. The number of amides is 1. The number of carbonyl (C=O) groups is 1. The fourth-order valence-corrected chi connectivity index (χ4v) is 3.79. The number of anilines is 3. The molecule has 184 valence electrons. The molecule has 1 aromatic heterocycles. The summed E-state index contributed by atoms with van der Waals surface area (Å²) in [6.07, 6.45) is 5.61. The lowest BCUT2D eigenvalue weighted by molar-refractivity contribution is 0.0963. The molecule has 1 aliphatic heterocycles. The van der Waals surface area contributed by atoms with Crippen LogP contribution in [0.4, 0.5) is 17.5 Å². The molecule has 4 rings (SSSR count). The van der Waals surface area contributed by atoms with Crippen LogP contribution in [0.2, 0.25) is 0 Å². The Hall–Kier alpha value is -4.13. The van der Waals surface area contributed by atoms with Crippen molar-refractivity contribution in [1.82, 2.24) is 15.3 Å². The highest BCUT2D eigenvalue weighted by Crippen LogP contribution is 2.39. The third kappa shape index (κ3) is 6.26. The first kappa shape index (κ1) is 27.1. The lowest BCUT2D eigenvalue weighted by atomic mass is 9.91. The fraction of sp³-hybridized carbons (Fsp3) is 0.250.